The van der Waals surface area contributed by atoms with Crippen LogP contribution in [0.5, 0.6) is 0 Å². The fourth-order valence-corrected chi connectivity index (χ4v) is 2.73. The summed E-state index contributed by atoms with van der Waals surface area (Å²) in [4.78, 5) is 11.9. The average Bonchev–Trinajstić information content (AvgIpc) is 2.53. The van der Waals surface area contributed by atoms with Crippen LogP contribution in [0.15, 0.2) is 60.7 Å². The lowest BCUT2D eigenvalue weighted by Gasteiger charge is -2.11. The maximum absolute atomic E-state index is 11.9. The van der Waals surface area contributed by atoms with E-state index in [2.05, 4.69) is 0 Å². The van der Waals surface area contributed by atoms with Crippen LogP contribution >= 0.6 is 11.6 Å². The molecule has 104 valence electrons. The SMILES string of the molecule is COC(=O)c1cccc(Cl)c1-c1ccc2ccccc2c1. The van der Waals surface area contributed by atoms with E-state index in [4.69, 9.17) is 16.3 Å². The van der Waals surface area contributed by atoms with Crippen molar-refractivity contribution < 1.29 is 9.53 Å². The second-order valence-corrected chi connectivity index (χ2v) is 5.12. The van der Waals surface area contributed by atoms with Crippen molar-refractivity contribution in [1.82, 2.24) is 0 Å². The molecule has 3 rings (SSSR count). The van der Waals surface area contributed by atoms with Crippen LogP contribution in [0.25, 0.3) is 21.9 Å². The number of benzene rings is 3. The smallest absolute Gasteiger partial charge is 0.338 e. The standard InChI is InChI=1S/C18H13ClO2/c1-21-18(20)15-7-4-8-16(19)17(15)14-10-9-12-5-2-3-6-13(12)11-14/h2-11H,1H3. The third-order valence-corrected chi connectivity index (χ3v) is 3.77. The fraction of sp³-hybridized carbons (Fsp3) is 0.0556. The lowest BCUT2D eigenvalue weighted by Crippen LogP contribution is -2.03. The predicted molar refractivity (Wildman–Crippen MR) is 85.7 cm³/mol. The first-order valence-electron chi connectivity index (χ1n) is 6.56. The summed E-state index contributed by atoms with van der Waals surface area (Å²) in [5, 5.41) is 2.78. The summed E-state index contributed by atoms with van der Waals surface area (Å²) in [6.07, 6.45) is 0. The van der Waals surface area contributed by atoms with Gasteiger partial charge in [-0.3, -0.25) is 0 Å². The predicted octanol–water partition coefficient (Wildman–Crippen LogP) is 4.95. The van der Waals surface area contributed by atoms with Gasteiger partial charge in [0, 0.05) is 10.6 Å². The first kappa shape index (κ1) is 13.7. The molecule has 0 unspecified atom stereocenters. The second-order valence-electron chi connectivity index (χ2n) is 4.72. The summed E-state index contributed by atoms with van der Waals surface area (Å²) in [6.45, 7) is 0. The Bertz CT molecular complexity index is 824. The number of carbonyl (C=O) groups excluding carboxylic acids is 1. The first-order chi connectivity index (χ1) is 10.2. The van der Waals surface area contributed by atoms with E-state index in [0.717, 1.165) is 16.3 Å². The van der Waals surface area contributed by atoms with Gasteiger partial charge in [0.1, 0.15) is 0 Å². The van der Waals surface area contributed by atoms with Gasteiger partial charge in [0.2, 0.25) is 0 Å². The number of fused-ring (bicyclic) bond motifs is 1. The van der Waals surface area contributed by atoms with Crippen LogP contribution in [0.2, 0.25) is 5.02 Å². The molecule has 0 fully saturated rings. The lowest BCUT2D eigenvalue weighted by molar-refractivity contribution is 0.0601. The van der Waals surface area contributed by atoms with Gasteiger partial charge in [-0.1, -0.05) is 54.1 Å². The van der Waals surface area contributed by atoms with Crippen LogP contribution in [-0.2, 0) is 4.74 Å². The highest BCUT2D eigenvalue weighted by Gasteiger charge is 2.16. The van der Waals surface area contributed by atoms with Gasteiger partial charge < -0.3 is 4.74 Å². The molecule has 0 saturated heterocycles. The van der Waals surface area contributed by atoms with Gasteiger partial charge >= 0.3 is 5.97 Å². The topological polar surface area (TPSA) is 26.3 Å². The molecule has 0 aromatic heterocycles. The molecule has 0 saturated carbocycles. The largest absolute Gasteiger partial charge is 0.465 e. The molecule has 0 bridgehead atoms. The molecule has 0 heterocycles. The number of esters is 1. The first-order valence-corrected chi connectivity index (χ1v) is 6.94. The highest BCUT2D eigenvalue weighted by Crippen LogP contribution is 2.33. The van der Waals surface area contributed by atoms with Gasteiger partial charge in [-0.15, -0.1) is 0 Å². The molecule has 3 aromatic carbocycles. The van der Waals surface area contributed by atoms with Crippen molar-refractivity contribution in [3.8, 4) is 11.1 Å². The van der Waals surface area contributed by atoms with E-state index >= 15 is 0 Å². The third kappa shape index (κ3) is 2.50. The normalized spacial score (nSPS) is 10.6. The number of ether oxygens (including phenoxy) is 1. The number of hydrogen-bond donors (Lipinski definition) is 0. The summed E-state index contributed by atoms with van der Waals surface area (Å²) in [5.74, 6) is -0.388. The lowest BCUT2D eigenvalue weighted by atomic mass is 9.97. The molecule has 3 aromatic rings. The summed E-state index contributed by atoms with van der Waals surface area (Å²) in [5.41, 5.74) is 2.08. The second kappa shape index (κ2) is 5.58. The van der Waals surface area contributed by atoms with E-state index < -0.39 is 0 Å². The minimum absolute atomic E-state index is 0.388. The van der Waals surface area contributed by atoms with Gasteiger partial charge in [-0.25, -0.2) is 4.79 Å². The highest BCUT2D eigenvalue weighted by atomic mass is 35.5. The monoisotopic (exact) mass is 296 g/mol. The van der Waals surface area contributed by atoms with E-state index in [1.165, 1.54) is 7.11 Å². The van der Waals surface area contributed by atoms with Gasteiger partial charge in [0.25, 0.3) is 0 Å². The maximum Gasteiger partial charge on any atom is 0.338 e. The summed E-state index contributed by atoms with van der Waals surface area (Å²) in [6, 6.07) is 19.3. The summed E-state index contributed by atoms with van der Waals surface area (Å²) in [7, 11) is 1.37. The molecule has 0 N–H and O–H groups in total. The quantitative estimate of drug-likeness (QED) is 0.626. The van der Waals surface area contributed by atoms with Crippen molar-refractivity contribution >= 4 is 28.3 Å². The van der Waals surface area contributed by atoms with Crippen LogP contribution < -0.4 is 0 Å². The molecule has 0 aliphatic carbocycles. The van der Waals surface area contributed by atoms with Crippen molar-refractivity contribution in [1.29, 1.82) is 0 Å². The molecular formula is C18H13ClO2. The third-order valence-electron chi connectivity index (χ3n) is 3.46. The minimum atomic E-state index is -0.388. The fourth-order valence-electron chi connectivity index (χ4n) is 2.44. The molecule has 0 aliphatic heterocycles. The van der Waals surface area contributed by atoms with E-state index in [9.17, 15) is 4.79 Å². The van der Waals surface area contributed by atoms with Crippen molar-refractivity contribution in [2.45, 2.75) is 0 Å². The Kier molecular flexibility index (Phi) is 3.63. The maximum atomic E-state index is 11.9. The Hall–Kier alpha value is -2.32. The van der Waals surface area contributed by atoms with E-state index in [1.807, 2.05) is 42.5 Å². The highest BCUT2D eigenvalue weighted by molar-refractivity contribution is 6.34. The van der Waals surface area contributed by atoms with Crippen molar-refractivity contribution in [3.63, 3.8) is 0 Å². The van der Waals surface area contributed by atoms with E-state index in [0.29, 0.717) is 16.1 Å². The van der Waals surface area contributed by atoms with E-state index in [-0.39, 0.29) is 5.97 Å². The summed E-state index contributed by atoms with van der Waals surface area (Å²) >= 11 is 6.31. The van der Waals surface area contributed by atoms with Gasteiger partial charge in [-0.05, 0) is 34.5 Å². The molecule has 0 spiro atoms. The molecule has 3 heteroatoms. The molecule has 0 radical (unpaired) electrons. The number of hydrogen-bond acceptors (Lipinski definition) is 2. The molecule has 0 atom stereocenters. The van der Waals surface area contributed by atoms with Crippen LogP contribution in [-0.4, -0.2) is 13.1 Å². The zero-order chi connectivity index (χ0) is 14.8. The Morgan fingerprint density at radius 1 is 0.952 bits per heavy atom. The van der Waals surface area contributed by atoms with Crippen LogP contribution in [0.1, 0.15) is 10.4 Å². The van der Waals surface area contributed by atoms with Gasteiger partial charge in [0.05, 0.1) is 12.7 Å². The summed E-state index contributed by atoms with van der Waals surface area (Å²) < 4.78 is 4.84. The molecule has 21 heavy (non-hydrogen) atoms. The van der Waals surface area contributed by atoms with Gasteiger partial charge in [0.15, 0.2) is 0 Å². The Morgan fingerprint density at radius 2 is 1.71 bits per heavy atom. The average molecular weight is 297 g/mol. The Balaban J connectivity index is 2.24. The van der Waals surface area contributed by atoms with Crippen molar-refractivity contribution in [3.05, 3.63) is 71.2 Å². The number of rotatable bonds is 2. The molecule has 0 aliphatic rings. The zero-order valence-electron chi connectivity index (χ0n) is 11.5. The number of halogens is 1. The van der Waals surface area contributed by atoms with Crippen molar-refractivity contribution in [2.24, 2.45) is 0 Å². The van der Waals surface area contributed by atoms with Crippen LogP contribution in [0, 0.1) is 0 Å². The molecular weight excluding hydrogens is 284 g/mol. The number of methoxy groups -OCH3 is 1. The van der Waals surface area contributed by atoms with Crippen LogP contribution in [0.3, 0.4) is 0 Å². The molecule has 2 nitrogen and oxygen atoms in total. The zero-order valence-corrected chi connectivity index (χ0v) is 12.2. The van der Waals surface area contributed by atoms with Crippen molar-refractivity contribution in [2.75, 3.05) is 7.11 Å². The van der Waals surface area contributed by atoms with Crippen LogP contribution in [0.4, 0.5) is 0 Å². The minimum Gasteiger partial charge on any atom is -0.465 e. The Labute approximate surface area is 127 Å². The van der Waals surface area contributed by atoms with Gasteiger partial charge in [-0.2, -0.15) is 0 Å². The number of carbonyl (C=O) groups is 1. The Morgan fingerprint density at radius 3 is 2.48 bits per heavy atom. The molecule has 0 amide bonds. The van der Waals surface area contributed by atoms with E-state index in [1.54, 1.807) is 18.2 Å².